The first-order valence-electron chi connectivity index (χ1n) is 5.10. The van der Waals surface area contributed by atoms with Gasteiger partial charge in [0, 0.05) is 11.8 Å². The van der Waals surface area contributed by atoms with Gasteiger partial charge in [-0.2, -0.15) is 5.10 Å². The minimum absolute atomic E-state index is 0.0554. The van der Waals surface area contributed by atoms with E-state index in [1.807, 2.05) is 0 Å². The summed E-state index contributed by atoms with van der Waals surface area (Å²) in [5.41, 5.74) is 5.65. The summed E-state index contributed by atoms with van der Waals surface area (Å²) in [6.07, 6.45) is -0.0554. The monoisotopic (exact) mass is 252 g/mol. The first-order valence-corrected chi connectivity index (χ1v) is 5.10. The molecule has 0 aliphatic heterocycles. The number of nitrogen functional groups attached to an aromatic ring is 1. The number of amides is 1. The van der Waals surface area contributed by atoms with Crippen LogP contribution in [0.5, 0.6) is 0 Å². The van der Waals surface area contributed by atoms with Gasteiger partial charge in [-0.25, -0.2) is 8.78 Å². The van der Waals surface area contributed by atoms with E-state index in [1.165, 1.54) is 18.2 Å². The van der Waals surface area contributed by atoms with E-state index in [2.05, 4.69) is 15.5 Å². The summed E-state index contributed by atoms with van der Waals surface area (Å²) >= 11 is 0. The van der Waals surface area contributed by atoms with Gasteiger partial charge in [0.2, 0.25) is 5.91 Å². The standard InChI is InChI=1S/C11H10F2N4O/c12-7-2-1-3-8(11(7)13)15-10(18)5-6-4-9(14)17-16-6/h1-4H,5H2,(H,15,18)(H3,14,16,17). The molecule has 1 aromatic carbocycles. The predicted octanol–water partition coefficient (Wildman–Crippen LogP) is 1.45. The van der Waals surface area contributed by atoms with Crippen molar-refractivity contribution in [2.24, 2.45) is 0 Å². The van der Waals surface area contributed by atoms with Crippen LogP contribution in [0.2, 0.25) is 0 Å². The van der Waals surface area contributed by atoms with Gasteiger partial charge in [0.25, 0.3) is 0 Å². The Bertz CT molecular complexity index is 582. The van der Waals surface area contributed by atoms with Gasteiger partial charge in [-0.15, -0.1) is 0 Å². The number of nitrogens with two attached hydrogens (primary N) is 1. The number of rotatable bonds is 3. The van der Waals surface area contributed by atoms with Gasteiger partial charge in [-0.05, 0) is 12.1 Å². The molecular weight excluding hydrogens is 242 g/mol. The molecule has 5 nitrogen and oxygen atoms in total. The Balaban J connectivity index is 2.05. The molecule has 94 valence electrons. The van der Waals surface area contributed by atoms with Gasteiger partial charge in [-0.1, -0.05) is 6.07 Å². The minimum Gasteiger partial charge on any atom is -0.382 e. The predicted molar refractivity (Wildman–Crippen MR) is 61.7 cm³/mol. The number of carbonyl (C=O) groups excluding carboxylic acids is 1. The fourth-order valence-electron chi connectivity index (χ4n) is 1.44. The minimum atomic E-state index is -1.09. The van der Waals surface area contributed by atoms with E-state index in [0.717, 1.165) is 6.07 Å². The first kappa shape index (κ1) is 12.0. The highest BCUT2D eigenvalue weighted by Gasteiger charge is 2.11. The number of aromatic amines is 1. The van der Waals surface area contributed by atoms with Gasteiger partial charge in [-0.3, -0.25) is 9.89 Å². The highest BCUT2D eigenvalue weighted by molar-refractivity contribution is 5.92. The van der Waals surface area contributed by atoms with Crippen LogP contribution in [0.15, 0.2) is 24.3 Å². The topological polar surface area (TPSA) is 83.8 Å². The van der Waals surface area contributed by atoms with E-state index in [0.29, 0.717) is 5.69 Å². The van der Waals surface area contributed by atoms with E-state index in [4.69, 9.17) is 5.73 Å². The second kappa shape index (κ2) is 4.82. The van der Waals surface area contributed by atoms with Crippen molar-refractivity contribution in [3.05, 3.63) is 41.6 Å². The van der Waals surface area contributed by atoms with E-state index in [-0.39, 0.29) is 17.9 Å². The van der Waals surface area contributed by atoms with E-state index in [1.54, 1.807) is 0 Å². The number of halogens is 2. The van der Waals surface area contributed by atoms with Gasteiger partial charge < -0.3 is 11.1 Å². The van der Waals surface area contributed by atoms with Crippen LogP contribution in [0.4, 0.5) is 20.3 Å². The van der Waals surface area contributed by atoms with Gasteiger partial charge in [0.1, 0.15) is 5.82 Å². The van der Waals surface area contributed by atoms with Crippen LogP contribution in [-0.4, -0.2) is 16.1 Å². The van der Waals surface area contributed by atoms with Crippen LogP contribution in [-0.2, 0) is 11.2 Å². The lowest BCUT2D eigenvalue weighted by atomic mass is 10.2. The Hall–Kier alpha value is -2.44. The number of hydrogen-bond donors (Lipinski definition) is 3. The van der Waals surface area contributed by atoms with Crippen molar-refractivity contribution >= 4 is 17.4 Å². The molecule has 0 bridgehead atoms. The summed E-state index contributed by atoms with van der Waals surface area (Å²) in [5.74, 6) is -2.34. The molecule has 0 aliphatic rings. The van der Waals surface area contributed by atoms with Gasteiger partial charge in [0.05, 0.1) is 12.1 Å². The summed E-state index contributed by atoms with van der Waals surface area (Å²) in [4.78, 5) is 11.6. The third-order valence-corrected chi connectivity index (χ3v) is 2.23. The second-order valence-corrected chi connectivity index (χ2v) is 3.64. The molecule has 0 atom stereocenters. The highest BCUT2D eigenvalue weighted by atomic mass is 19.2. The van der Waals surface area contributed by atoms with Gasteiger partial charge >= 0.3 is 0 Å². The molecule has 0 unspecified atom stereocenters. The highest BCUT2D eigenvalue weighted by Crippen LogP contribution is 2.16. The van der Waals surface area contributed by atoms with Crippen LogP contribution in [0, 0.1) is 11.6 Å². The second-order valence-electron chi connectivity index (χ2n) is 3.64. The summed E-state index contributed by atoms with van der Waals surface area (Å²) < 4.78 is 26.2. The maximum absolute atomic E-state index is 13.3. The lowest BCUT2D eigenvalue weighted by molar-refractivity contribution is -0.115. The van der Waals surface area contributed by atoms with E-state index >= 15 is 0 Å². The van der Waals surface area contributed by atoms with E-state index in [9.17, 15) is 13.6 Å². The average Bonchev–Trinajstić information content (AvgIpc) is 2.70. The number of benzene rings is 1. The first-order chi connectivity index (χ1) is 8.56. The molecule has 0 saturated carbocycles. The zero-order chi connectivity index (χ0) is 13.1. The maximum atomic E-state index is 13.3. The smallest absolute Gasteiger partial charge is 0.230 e. The summed E-state index contributed by atoms with van der Waals surface area (Å²) in [5, 5.41) is 8.46. The summed E-state index contributed by atoms with van der Waals surface area (Å²) in [6, 6.07) is 5.04. The lowest BCUT2D eigenvalue weighted by Gasteiger charge is -2.05. The number of anilines is 2. The van der Waals surface area contributed by atoms with Crippen LogP contribution in [0.25, 0.3) is 0 Å². The molecule has 0 spiro atoms. The number of carbonyl (C=O) groups is 1. The number of hydrogen-bond acceptors (Lipinski definition) is 3. The number of aromatic nitrogens is 2. The molecule has 0 aliphatic carbocycles. The Kier molecular flexibility index (Phi) is 3.22. The Morgan fingerprint density at radius 2 is 2.22 bits per heavy atom. The molecule has 1 heterocycles. The maximum Gasteiger partial charge on any atom is 0.230 e. The molecule has 4 N–H and O–H groups in total. The molecular formula is C11H10F2N4O. The number of nitrogens with zero attached hydrogens (tertiary/aromatic N) is 1. The van der Waals surface area contributed by atoms with Crippen LogP contribution in [0.3, 0.4) is 0 Å². The van der Waals surface area contributed by atoms with Crippen molar-refractivity contribution in [1.29, 1.82) is 0 Å². The quantitative estimate of drug-likeness (QED) is 0.773. The Labute approximate surface area is 101 Å². The van der Waals surface area contributed by atoms with Crippen molar-refractivity contribution in [2.75, 3.05) is 11.1 Å². The average molecular weight is 252 g/mol. The van der Waals surface area contributed by atoms with Crippen molar-refractivity contribution < 1.29 is 13.6 Å². The van der Waals surface area contributed by atoms with Crippen molar-refractivity contribution in [2.45, 2.75) is 6.42 Å². The molecule has 2 aromatic rings. The van der Waals surface area contributed by atoms with Crippen LogP contribution < -0.4 is 11.1 Å². The largest absolute Gasteiger partial charge is 0.382 e. The van der Waals surface area contributed by atoms with Crippen molar-refractivity contribution in [3.8, 4) is 0 Å². The molecule has 18 heavy (non-hydrogen) atoms. The molecule has 1 aromatic heterocycles. The molecule has 0 fully saturated rings. The molecule has 7 heteroatoms. The van der Waals surface area contributed by atoms with Crippen LogP contribution >= 0.6 is 0 Å². The SMILES string of the molecule is Nc1cc(CC(=O)Nc2cccc(F)c2F)[nH]n1. The fraction of sp³-hybridized carbons (Fsp3) is 0.0909. The van der Waals surface area contributed by atoms with Crippen LogP contribution in [0.1, 0.15) is 5.69 Å². The zero-order valence-corrected chi connectivity index (χ0v) is 9.21. The Morgan fingerprint density at radius 3 is 2.89 bits per heavy atom. The molecule has 1 amide bonds. The number of H-pyrrole nitrogens is 1. The van der Waals surface area contributed by atoms with Crippen molar-refractivity contribution in [3.63, 3.8) is 0 Å². The fourth-order valence-corrected chi connectivity index (χ4v) is 1.44. The summed E-state index contributed by atoms with van der Waals surface area (Å²) in [7, 11) is 0. The zero-order valence-electron chi connectivity index (χ0n) is 9.21. The van der Waals surface area contributed by atoms with Crippen molar-refractivity contribution in [1.82, 2.24) is 10.2 Å². The third kappa shape index (κ3) is 2.62. The normalized spacial score (nSPS) is 10.3. The summed E-state index contributed by atoms with van der Waals surface area (Å²) in [6.45, 7) is 0. The number of nitrogens with one attached hydrogen (secondary N) is 2. The Morgan fingerprint density at radius 1 is 1.44 bits per heavy atom. The third-order valence-electron chi connectivity index (χ3n) is 2.23. The van der Waals surface area contributed by atoms with E-state index < -0.39 is 17.5 Å². The molecule has 2 rings (SSSR count). The molecule has 0 saturated heterocycles. The van der Waals surface area contributed by atoms with Gasteiger partial charge in [0.15, 0.2) is 11.6 Å². The molecule has 0 radical (unpaired) electrons. The lowest BCUT2D eigenvalue weighted by Crippen LogP contribution is -2.16.